The monoisotopic (exact) mass is 296 g/mol. The van der Waals surface area contributed by atoms with Crippen molar-refractivity contribution in [2.24, 2.45) is 5.41 Å². The Morgan fingerprint density at radius 2 is 2.00 bits per heavy atom. The van der Waals surface area contributed by atoms with Crippen LogP contribution < -0.4 is 0 Å². The maximum atomic E-state index is 12.4. The summed E-state index contributed by atoms with van der Waals surface area (Å²) in [5, 5.41) is 0. The van der Waals surface area contributed by atoms with Crippen LogP contribution in [0.1, 0.15) is 57.4 Å². The molecule has 1 heterocycles. The molecule has 0 aliphatic carbocycles. The van der Waals surface area contributed by atoms with Gasteiger partial charge in [0.05, 0.1) is 13.7 Å². The van der Waals surface area contributed by atoms with Gasteiger partial charge >= 0.3 is 5.97 Å². The van der Waals surface area contributed by atoms with Crippen LogP contribution in [0.2, 0.25) is 0 Å². The highest BCUT2D eigenvalue weighted by Gasteiger charge is 2.25. The van der Waals surface area contributed by atoms with Gasteiger partial charge in [0.2, 0.25) is 11.8 Å². The fraction of sp³-hybridized carbons (Fsp3) is 0.667. The van der Waals surface area contributed by atoms with E-state index in [1.165, 1.54) is 13.4 Å². The molecule has 6 nitrogen and oxygen atoms in total. The summed E-state index contributed by atoms with van der Waals surface area (Å²) in [5.74, 6) is -0.191. The van der Waals surface area contributed by atoms with Crippen molar-refractivity contribution in [2.75, 3.05) is 7.11 Å². The summed E-state index contributed by atoms with van der Waals surface area (Å²) in [5.41, 5.74) is 0.0253. The molecule has 0 saturated heterocycles. The Bertz CT molecular complexity index is 500. The van der Waals surface area contributed by atoms with Crippen LogP contribution in [0.3, 0.4) is 0 Å². The van der Waals surface area contributed by atoms with E-state index < -0.39 is 5.97 Å². The highest BCUT2D eigenvalue weighted by Crippen LogP contribution is 2.21. The molecule has 0 unspecified atom stereocenters. The first-order valence-electron chi connectivity index (χ1n) is 6.96. The van der Waals surface area contributed by atoms with E-state index in [1.807, 2.05) is 34.6 Å². The van der Waals surface area contributed by atoms with Crippen LogP contribution in [0.25, 0.3) is 0 Å². The van der Waals surface area contributed by atoms with Gasteiger partial charge in [0.1, 0.15) is 6.26 Å². The molecule has 0 bridgehead atoms. The molecule has 1 amide bonds. The number of carbonyl (C=O) groups is 2. The van der Waals surface area contributed by atoms with Crippen LogP contribution in [0, 0.1) is 5.41 Å². The number of esters is 1. The lowest BCUT2D eigenvalue weighted by atomic mass is 9.91. The molecule has 0 N–H and O–H groups in total. The Balaban J connectivity index is 2.82. The lowest BCUT2D eigenvalue weighted by molar-refractivity contribution is -0.135. The number of aromatic nitrogens is 1. The summed E-state index contributed by atoms with van der Waals surface area (Å²) < 4.78 is 9.82. The van der Waals surface area contributed by atoms with Crippen molar-refractivity contribution in [3.8, 4) is 0 Å². The minimum Gasteiger partial charge on any atom is -0.464 e. The molecule has 6 heteroatoms. The molecular formula is C15H24N2O4. The molecule has 1 rings (SSSR count). The SMILES string of the molecule is COC(=O)c1coc(CN(C(=O)CC(C)(C)C)C(C)C)n1. The van der Waals surface area contributed by atoms with Crippen LogP contribution in [-0.2, 0) is 16.1 Å². The van der Waals surface area contributed by atoms with Gasteiger partial charge in [-0.3, -0.25) is 4.79 Å². The molecule has 0 aliphatic rings. The topological polar surface area (TPSA) is 72.6 Å². The molecule has 0 spiro atoms. The largest absolute Gasteiger partial charge is 0.464 e. The molecule has 0 atom stereocenters. The zero-order valence-electron chi connectivity index (χ0n) is 13.6. The van der Waals surface area contributed by atoms with E-state index >= 15 is 0 Å². The molecule has 0 aliphatic heterocycles. The normalized spacial score (nSPS) is 11.6. The number of amides is 1. The Morgan fingerprint density at radius 1 is 1.38 bits per heavy atom. The predicted molar refractivity (Wildman–Crippen MR) is 77.6 cm³/mol. The van der Waals surface area contributed by atoms with E-state index in [2.05, 4.69) is 9.72 Å². The van der Waals surface area contributed by atoms with Crippen molar-refractivity contribution in [1.29, 1.82) is 0 Å². The third-order valence-corrected chi connectivity index (χ3v) is 2.88. The maximum Gasteiger partial charge on any atom is 0.360 e. The number of hydrogen-bond acceptors (Lipinski definition) is 5. The van der Waals surface area contributed by atoms with Crippen molar-refractivity contribution >= 4 is 11.9 Å². The Hall–Kier alpha value is -1.85. The molecule has 0 aromatic carbocycles. The number of methoxy groups -OCH3 is 1. The van der Waals surface area contributed by atoms with Gasteiger partial charge in [-0.2, -0.15) is 0 Å². The highest BCUT2D eigenvalue weighted by molar-refractivity contribution is 5.86. The highest BCUT2D eigenvalue weighted by atomic mass is 16.5. The van der Waals surface area contributed by atoms with Crippen molar-refractivity contribution < 1.29 is 18.7 Å². The molecule has 21 heavy (non-hydrogen) atoms. The first-order chi connectivity index (χ1) is 9.64. The first-order valence-corrected chi connectivity index (χ1v) is 6.96. The van der Waals surface area contributed by atoms with E-state index in [4.69, 9.17) is 4.42 Å². The first kappa shape index (κ1) is 17.2. The van der Waals surface area contributed by atoms with Gasteiger partial charge in [-0.15, -0.1) is 0 Å². The molecule has 0 saturated carbocycles. The molecule has 118 valence electrons. The van der Waals surface area contributed by atoms with Gasteiger partial charge in [-0.1, -0.05) is 20.8 Å². The third-order valence-electron chi connectivity index (χ3n) is 2.88. The van der Waals surface area contributed by atoms with Gasteiger partial charge in [0.25, 0.3) is 0 Å². The second-order valence-corrected chi connectivity index (χ2v) is 6.47. The van der Waals surface area contributed by atoms with E-state index in [-0.39, 0.29) is 29.6 Å². The second kappa shape index (κ2) is 6.74. The van der Waals surface area contributed by atoms with E-state index in [1.54, 1.807) is 4.90 Å². The number of hydrogen-bond donors (Lipinski definition) is 0. The zero-order chi connectivity index (χ0) is 16.2. The average molecular weight is 296 g/mol. The van der Waals surface area contributed by atoms with Crippen LogP contribution >= 0.6 is 0 Å². The summed E-state index contributed by atoms with van der Waals surface area (Å²) in [4.78, 5) is 29.4. The average Bonchev–Trinajstić information content (AvgIpc) is 2.80. The lowest BCUT2D eigenvalue weighted by Gasteiger charge is -2.28. The van der Waals surface area contributed by atoms with E-state index in [0.717, 1.165) is 0 Å². The summed E-state index contributed by atoms with van der Waals surface area (Å²) in [7, 11) is 1.28. The van der Waals surface area contributed by atoms with Crippen LogP contribution in [-0.4, -0.2) is 34.9 Å². The van der Waals surface area contributed by atoms with Gasteiger partial charge in [0.15, 0.2) is 5.69 Å². The van der Waals surface area contributed by atoms with Crippen molar-refractivity contribution in [3.05, 3.63) is 17.8 Å². The van der Waals surface area contributed by atoms with Gasteiger partial charge < -0.3 is 14.1 Å². The third kappa shape index (κ3) is 5.21. The Labute approximate surface area is 125 Å². The summed E-state index contributed by atoms with van der Waals surface area (Å²) in [6, 6.07) is 0.0216. The second-order valence-electron chi connectivity index (χ2n) is 6.47. The molecular weight excluding hydrogens is 272 g/mol. The fourth-order valence-corrected chi connectivity index (χ4v) is 1.84. The van der Waals surface area contributed by atoms with Crippen molar-refractivity contribution in [1.82, 2.24) is 9.88 Å². The number of carbonyl (C=O) groups excluding carboxylic acids is 2. The van der Waals surface area contributed by atoms with Crippen LogP contribution in [0.15, 0.2) is 10.7 Å². The zero-order valence-corrected chi connectivity index (χ0v) is 13.6. The quantitative estimate of drug-likeness (QED) is 0.781. The number of ether oxygens (including phenoxy) is 1. The smallest absolute Gasteiger partial charge is 0.360 e. The molecule has 0 fully saturated rings. The van der Waals surface area contributed by atoms with Gasteiger partial charge in [-0.05, 0) is 19.3 Å². The number of nitrogens with zero attached hydrogens (tertiary/aromatic N) is 2. The van der Waals surface area contributed by atoms with Crippen LogP contribution in [0.5, 0.6) is 0 Å². The van der Waals surface area contributed by atoms with Crippen molar-refractivity contribution in [2.45, 2.75) is 53.6 Å². The standard InChI is InChI=1S/C15H24N2O4/c1-10(2)17(13(18)7-15(3,4)5)8-12-16-11(9-21-12)14(19)20-6/h9-10H,7-8H2,1-6H3. The molecule has 0 radical (unpaired) electrons. The number of oxazole rings is 1. The van der Waals surface area contributed by atoms with E-state index in [9.17, 15) is 9.59 Å². The summed E-state index contributed by atoms with van der Waals surface area (Å²) >= 11 is 0. The van der Waals surface area contributed by atoms with Gasteiger partial charge in [0, 0.05) is 12.5 Å². The maximum absolute atomic E-state index is 12.4. The van der Waals surface area contributed by atoms with Crippen LogP contribution in [0.4, 0.5) is 0 Å². The number of rotatable bonds is 5. The minimum atomic E-state index is -0.554. The Morgan fingerprint density at radius 3 is 2.48 bits per heavy atom. The van der Waals surface area contributed by atoms with E-state index in [0.29, 0.717) is 12.3 Å². The Kier molecular flexibility index (Phi) is 5.52. The van der Waals surface area contributed by atoms with Gasteiger partial charge in [-0.25, -0.2) is 9.78 Å². The predicted octanol–water partition coefficient (Wildman–Crippen LogP) is 2.63. The molecule has 1 aromatic heterocycles. The van der Waals surface area contributed by atoms with Crippen molar-refractivity contribution in [3.63, 3.8) is 0 Å². The lowest BCUT2D eigenvalue weighted by Crippen LogP contribution is -2.38. The summed E-state index contributed by atoms with van der Waals surface area (Å²) in [6.07, 6.45) is 1.68. The fourth-order valence-electron chi connectivity index (χ4n) is 1.84. The minimum absolute atomic E-state index is 0.0216. The molecule has 1 aromatic rings. The summed E-state index contributed by atoms with van der Waals surface area (Å²) in [6.45, 7) is 10.2.